The van der Waals surface area contributed by atoms with E-state index in [0.29, 0.717) is 19.8 Å². The van der Waals surface area contributed by atoms with Gasteiger partial charge in [0.1, 0.15) is 18.2 Å². The second kappa shape index (κ2) is 9.14. The zero-order chi connectivity index (χ0) is 23.8. The number of hydrogen-bond donors (Lipinski definition) is 0. The summed E-state index contributed by atoms with van der Waals surface area (Å²) in [6, 6.07) is 8.32. The normalized spacial score (nSPS) is 17.2. The van der Waals surface area contributed by atoms with Crippen LogP contribution in [0.3, 0.4) is 0 Å². The third kappa shape index (κ3) is 3.74. The van der Waals surface area contributed by atoms with E-state index >= 15 is 0 Å². The molecule has 7 heteroatoms. The predicted octanol–water partition coefficient (Wildman–Crippen LogP) is 5.74. The number of anilines is 1. The molecular weight excluding hydrogens is 428 g/mol. The highest BCUT2D eigenvalue weighted by Crippen LogP contribution is 2.45. The lowest BCUT2D eigenvalue weighted by Crippen LogP contribution is -2.21. The van der Waals surface area contributed by atoms with Crippen molar-refractivity contribution < 1.29 is 14.0 Å². The van der Waals surface area contributed by atoms with Gasteiger partial charge in [-0.2, -0.15) is 0 Å². The first-order chi connectivity index (χ1) is 16.5. The molecule has 0 bridgehead atoms. The summed E-state index contributed by atoms with van der Waals surface area (Å²) in [5.41, 5.74) is 7.62. The molecule has 7 nitrogen and oxygen atoms in total. The molecule has 5 rings (SSSR count). The Hall–Kier alpha value is -3.32. The van der Waals surface area contributed by atoms with Gasteiger partial charge in [-0.05, 0) is 50.8 Å². The Labute approximate surface area is 200 Å². The number of methoxy groups -OCH3 is 1. The zero-order valence-electron chi connectivity index (χ0n) is 20.6. The van der Waals surface area contributed by atoms with Gasteiger partial charge in [-0.15, -0.1) is 0 Å². The third-order valence-corrected chi connectivity index (χ3v) is 6.65. The van der Waals surface area contributed by atoms with E-state index in [1.165, 1.54) is 11.3 Å². The number of imidazole rings is 1. The Morgan fingerprint density at radius 3 is 2.76 bits per heavy atom. The monoisotopic (exact) mass is 460 g/mol. The molecule has 0 amide bonds. The van der Waals surface area contributed by atoms with Gasteiger partial charge in [-0.1, -0.05) is 25.1 Å². The summed E-state index contributed by atoms with van der Waals surface area (Å²) in [5.74, 6) is 2.86. The van der Waals surface area contributed by atoms with Crippen molar-refractivity contribution in [2.45, 2.75) is 53.7 Å². The van der Waals surface area contributed by atoms with E-state index in [1.54, 1.807) is 7.11 Å². The van der Waals surface area contributed by atoms with Gasteiger partial charge in [-0.3, -0.25) is 0 Å². The van der Waals surface area contributed by atoms with Crippen LogP contribution in [0.4, 0.5) is 5.69 Å². The van der Waals surface area contributed by atoms with Crippen molar-refractivity contribution in [1.29, 1.82) is 0 Å². The Bertz CT molecular complexity index is 1270. The molecule has 1 unspecified atom stereocenters. The standard InChI is InChI=1S/C27H32N4O3/c1-6-21-27-20-14-19(32-5)10-11-22(20)30-12-8-9-17(3)26(24-13-18(4)29-34-24)23(30)15-31(27)25(28-21)16-33-7-2/h8,10-14,17H,6-7,9,15-16H2,1-5H3. The molecule has 2 aromatic heterocycles. The third-order valence-electron chi connectivity index (χ3n) is 6.65. The van der Waals surface area contributed by atoms with Crippen molar-refractivity contribution in [3.05, 3.63) is 65.2 Å². The van der Waals surface area contributed by atoms with Crippen LogP contribution in [0.5, 0.6) is 5.75 Å². The second-order valence-electron chi connectivity index (χ2n) is 8.87. The highest BCUT2D eigenvalue weighted by atomic mass is 16.5. The van der Waals surface area contributed by atoms with E-state index in [1.807, 2.05) is 26.0 Å². The number of aromatic nitrogens is 3. The fourth-order valence-corrected chi connectivity index (χ4v) is 5.02. The summed E-state index contributed by atoms with van der Waals surface area (Å²) >= 11 is 0. The number of rotatable bonds is 6. The Morgan fingerprint density at radius 1 is 1.21 bits per heavy atom. The number of benzene rings is 1. The molecule has 2 aliphatic heterocycles. The number of nitrogens with zero attached hydrogens (tertiary/aromatic N) is 4. The number of fused-ring (bicyclic) bond motifs is 5. The van der Waals surface area contributed by atoms with Crippen LogP contribution in [0.1, 0.15) is 50.2 Å². The van der Waals surface area contributed by atoms with Gasteiger partial charge in [0.05, 0.1) is 36.4 Å². The van der Waals surface area contributed by atoms with E-state index in [0.717, 1.165) is 58.5 Å². The van der Waals surface area contributed by atoms with Gasteiger partial charge in [0, 0.05) is 35.7 Å². The zero-order valence-corrected chi connectivity index (χ0v) is 20.6. The van der Waals surface area contributed by atoms with E-state index in [-0.39, 0.29) is 5.92 Å². The summed E-state index contributed by atoms with van der Waals surface area (Å²) < 4.78 is 19.6. The molecule has 0 saturated heterocycles. The minimum absolute atomic E-state index is 0.274. The van der Waals surface area contributed by atoms with E-state index in [2.05, 4.69) is 52.9 Å². The number of allylic oxidation sites excluding steroid dienone is 3. The first-order valence-electron chi connectivity index (χ1n) is 12.0. The first-order valence-corrected chi connectivity index (χ1v) is 12.0. The lowest BCUT2D eigenvalue weighted by Gasteiger charge is -2.26. The van der Waals surface area contributed by atoms with Gasteiger partial charge < -0.3 is 23.5 Å². The van der Waals surface area contributed by atoms with Gasteiger partial charge in [0.2, 0.25) is 0 Å². The quantitative estimate of drug-likeness (QED) is 0.467. The molecule has 0 saturated carbocycles. The maximum absolute atomic E-state index is 5.83. The Kier molecular flexibility index (Phi) is 6.04. The van der Waals surface area contributed by atoms with E-state index in [9.17, 15) is 0 Å². The molecular formula is C27H32N4O3. The van der Waals surface area contributed by atoms with E-state index < -0.39 is 0 Å². The molecule has 1 atom stereocenters. The molecule has 0 radical (unpaired) electrons. The molecule has 0 N–H and O–H groups in total. The van der Waals surface area contributed by atoms with Crippen molar-refractivity contribution in [3.63, 3.8) is 0 Å². The van der Waals surface area contributed by atoms with Crippen LogP contribution >= 0.6 is 0 Å². The van der Waals surface area contributed by atoms with Crippen LogP contribution in [0.25, 0.3) is 16.8 Å². The van der Waals surface area contributed by atoms with Crippen LogP contribution in [0, 0.1) is 12.8 Å². The van der Waals surface area contributed by atoms with Crippen molar-refractivity contribution in [3.8, 4) is 17.0 Å². The van der Waals surface area contributed by atoms with Crippen LogP contribution in [-0.4, -0.2) is 28.4 Å². The Morgan fingerprint density at radius 2 is 2.06 bits per heavy atom. The molecule has 2 aliphatic rings. The van der Waals surface area contributed by atoms with Gasteiger partial charge in [0.25, 0.3) is 0 Å². The van der Waals surface area contributed by atoms with Gasteiger partial charge in [-0.25, -0.2) is 4.98 Å². The molecule has 1 aromatic carbocycles. The molecule has 34 heavy (non-hydrogen) atoms. The molecule has 178 valence electrons. The van der Waals surface area contributed by atoms with Crippen molar-refractivity contribution in [1.82, 2.24) is 14.7 Å². The van der Waals surface area contributed by atoms with Crippen molar-refractivity contribution >= 4 is 11.3 Å². The average Bonchev–Trinajstić information content (AvgIpc) is 3.33. The number of hydrogen-bond acceptors (Lipinski definition) is 6. The van der Waals surface area contributed by atoms with Gasteiger partial charge in [0.15, 0.2) is 5.76 Å². The summed E-state index contributed by atoms with van der Waals surface area (Å²) in [4.78, 5) is 7.34. The molecule has 3 aromatic rings. The van der Waals surface area contributed by atoms with Crippen LogP contribution in [0.15, 0.2) is 46.8 Å². The van der Waals surface area contributed by atoms with Crippen LogP contribution in [-0.2, 0) is 24.3 Å². The fourth-order valence-electron chi connectivity index (χ4n) is 5.02. The predicted molar refractivity (Wildman–Crippen MR) is 132 cm³/mol. The highest BCUT2D eigenvalue weighted by Gasteiger charge is 2.33. The molecule has 4 heterocycles. The fraction of sp³-hybridized carbons (Fsp3) is 0.407. The molecule has 0 fully saturated rings. The molecule has 0 spiro atoms. The largest absolute Gasteiger partial charge is 0.497 e. The maximum atomic E-state index is 5.83. The molecule has 0 aliphatic carbocycles. The summed E-state index contributed by atoms with van der Waals surface area (Å²) in [5, 5.41) is 4.20. The lowest BCUT2D eigenvalue weighted by atomic mass is 9.93. The SMILES string of the molecule is CCOCc1nc(CC)c2n1CC1=C(c3cc(C)no3)C(C)CC=CN1c1ccc(OC)cc1-2. The van der Waals surface area contributed by atoms with Crippen LogP contribution < -0.4 is 9.64 Å². The average molecular weight is 461 g/mol. The number of aryl methyl sites for hydroxylation is 2. The summed E-state index contributed by atoms with van der Waals surface area (Å²) in [6.45, 7) is 10.2. The minimum Gasteiger partial charge on any atom is -0.497 e. The van der Waals surface area contributed by atoms with Crippen molar-refractivity contribution in [2.24, 2.45) is 5.92 Å². The van der Waals surface area contributed by atoms with Crippen LogP contribution in [0.2, 0.25) is 0 Å². The number of ether oxygens (including phenoxy) is 2. The maximum Gasteiger partial charge on any atom is 0.165 e. The van der Waals surface area contributed by atoms with Crippen molar-refractivity contribution in [2.75, 3.05) is 18.6 Å². The lowest BCUT2D eigenvalue weighted by molar-refractivity contribution is 0.126. The minimum atomic E-state index is 0.274. The topological polar surface area (TPSA) is 65.5 Å². The highest BCUT2D eigenvalue weighted by molar-refractivity contribution is 5.86. The second-order valence-corrected chi connectivity index (χ2v) is 8.87. The summed E-state index contributed by atoms with van der Waals surface area (Å²) in [7, 11) is 1.71. The summed E-state index contributed by atoms with van der Waals surface area (Å²) in [6.07, 6.45) is 6.19. The first kappa shape index (κ1) is 22.5. The van der Waals surface area contributed by atoms with Gasteiger partial charge >= 0.3 is 0 Å². The van der Waals surface area contributed by atoms with E-state index in [4.69, 9.17) is 19.0 Å². The smallest absolute Gasteiger partial charge is 0.165 e. The Balaban J connectivity index is 1.83.